The van der Waals surface area contributed by atoms with E-state index in [1.807, 2.05) is 11.6 Å². The van der Waals surface area contributed by atoms with Crippen molar-refractivity contribution >= 4 is 0 Å². The third-order valence-corrected chi connectivity index (χ3v) is 3.83. The first-order chi connectivity index (χ1) is 8.33. The summed E-state index contributed by atoms with van der Waals surface area (Å²) in [4.78, 5) is 2.58. The average molecular weight is 235 g/mol. The summed E-state index contributed by atoms with van der Waals surface area (Å²) >= 11 is 0. The van der Waals surface area contributed by atoms with Gasteiger partial charge in [0.05, 0.1) is 6.54 Å². The molecule has 94 valence electrons. The molecule has 1 aromatic rings. The predicted molar refractivity (Wildman–Crippen MR) is 65.5 cm³/mol. The Labute approximate surface area is 102 Å². The van der Waals surface area contributed by atoms with Gasteiger partial charge in [0.15, 0.2) is 0 Å². The summed E-state index contributed by atoms with van der Waals surface area (Å²) in [5.74, 6) is 1.08. The lowest BCUT2D eigenvalue weighted by Gasteiger charge is -2.24. The summed E-state index contributed by atoms with van der Waals surface area (Å²) in [6.45, 7) is 3.30. The monoisotopic (exact) mass is 235 g/mol. The van der Waals surface area contributed by atoms with Gasteiger partial charge in [0.25, 0.3) is 0 Å². The fraction of sp³-hybridized carbons (Fsp3) is 0.833. The minimum atomic E-state index is 0.684. The standard InChI is InChI=1S/C12H21N5/c1-16-9-14-15-12(16)8-17(11-4-5-11)7-10-3-2-6-13-10/h9-11,13H,2-8H2,1H3. The van der Waals surface area contributed by atoms with Crippen molar-refractivity contribution in [3.8, 4) is 0 Å². The minimum Gasteiger partial charge on any atom is -0.320 e. The summed E-state index contributed by atoms with van der Waals surface area (Å²) in [7, 11) is 2.02. The molecule has 1 aromatic heterocycles. The quantitative estimate of drug-likeness (QED) is 0.809. The molecule has 1 atom stereocenters. The Bertz CT molecular complexity index is 365. The molecule has 2 aliphatic rings. The molecule has 1 saturated carbocycles. The van der Waals surface area contributed by atoms with E-state index in [2.05, 4.69) is 20.4 Å². The molecule has 2 heterocycles. The van der Waals surface area contributed by atoms with E-state index in [1.54, 1.807) is 6.33 Å². The van der Waals surface area contributed by atoms with Gasteiger partial charge in [-0.2, -0.15) is 0 Å². The van der Waals surface area contributed by atoms with Crippen LogP contribution < -0.4 is 5.32 Å². The number of aryl methyl sites for hydroxylation is 1. The lowest BCUT2D eigenvalue weighted by Crippen LogP contribution is -2.38. The zero-order valence-electron chi connectivity index (χ0n) is 10.5. The van der Waals surface area contributed by atoms with Crippen molar-refractivity contribution in [3.05, 3.63) is 12.2 Å². The first kappa shape index (κ1) is 11.2. The average Bonchev–Trinajstić information content (AvgIpc) is 2.91. The molecule has 0 amide bonds. The molecule has 1 aliphatic heterocycles. The maximum atomic E-state index is 4.19. The summed E-state index contributed by atoms with van der Waals surface area (Å²) in [6, 6.07) is 1.47. The molecule has 5 heteroatoms. The van der Waals surface area contributed by atoms with Crippen LogP contribution in [0.15, 0.2) is 6.33 Å². The predicted octanol–water partition coefficient (Wildman–Crippen LogP) is 0.531. The van der Waals surface area contributed by atoms with Crippen molar-refractivity contribution < 1.29 is 0 Å². The Morgan fingerprint density at radius 1 is 1.47 bits per heavy atom. The molecule has 1 aliphatic carbocycles. The van der Waals surface area contributed by atoms with E-state index in [4.69, 9.17) is 0 Å². The fourth-order valence-electron chi connectivity index (χ4n) is 2.61. The maximum Gasteiger partial charge on any atom is 0.146 e. The van der Waals surface area contributed by atoms with Gasteiger partial charge in [-0.05, 0) is 32.2 Å². The Kier molecular flexibility index (Phi) is 3.11. The molecule has 1 N–H and O–H groups in total. The van der Waals surface area contributed by atoms with Crippen molar-refractivity contribution in [3.63, 3.8) is 0 Å². The number of hydrogen-bond acceptors (Lipinski definition) is 4. The molecule has 1 saturated heterocycles. The van der Waals surface area contributed by atoms with Crippen LogP contribution in [0.2, 0.25) is 0 Å². The SMILES string of the molecule is Cn1cnnc1CN(CC1CCCN1)C1CC1. The number of nitrogens with zero attached hydrogens (tertiary/aromatic N) is 4. The van der Waals surface area contributed by atoms with E-state index in [9.17, 15) is 0 Å². The van der Waals surface area contributed by atoms with Crippen LogP contribution in [0.5, 0.6) is 0 Å². The molecule has 2 fully saturated rings. The van der Waals surface area contributed by atoms with E-state index in [-0.39, 0.29) is 0 Å². The van der Waals surface area contributed by atoms with Crippen LogP contribution in [0, 0.1) is 0 Å². The highest BCUT2D eigenvalue weighted by Crippen LogP contribution is 2.28. The van der Waals surface area contributed by atoms with Gasteiger partial charge in [0.1, 0.15) is 12.2 Å². The Balaban J connectivity index is 1.61. The van der Waals surface area contributed by atoms with Crippen molar-refractivity contribution in [1.29, 1.82) is 0 Å². The number of aromatic nitrogens is 3. The van der Waals surface area contributed by atoms with Crippen molar-refractivity contribution in [2.75, 3.05) is 13.1 Å². The van der Waals surface area contributed by atoms with Crippen LogP contribution in [0.25, 0.3) is 0 Å². The second-order valence-corrected chi connectivity index (χ2v) is 5.31. The molecular weight excluding hydrogens is 214 g/mol. The normalized spacial score (nSPS) is 24.7. The third kappa shape index (κ3) is 2.66. The number of nitrogens with one attached hydrogen (secondary N) is 1. The van der Waals surface area contributed by atoms with E-state index in [1.165, 1.54) is 32.2 Å². The lowest BCUT2D eigenvalue weighted by atomic mass is 10.2. The first-order valence-corrected chi connectivity index (χ1v) is 6.63. The molecule has 0 radical (unpaired) electrons. The summed E-state index contributed by atoms with van der Waals surface area (Å²) in [5, 5.41) is 11.7. The van der Waals surface area contributed by atoms with E-state index < -0.39 is 0 Å². The van der Waals surface area contributed by atoms with Crippen molar-refractivity contribution in [2.45, 2.75) is 44.3 Å². The van der Waals surface area contributed by atoms with Crippen LogP contribution in [0.4, 0.5) is 0 Å². The zero-order valence-corrected chi connectivity index (χ0v) is 10.5. The van der Waals surface area contributed by atoms with Gasteiger partial charge in [0, 0.05) is 25.7 Å². The smallest absolute Gasteiger partial charge is 0.146 e. The van der Waals surface area contributed by atoms with Crippen LogP contribution in [-0.2, 0) is 13.6 Å². The largest absolute Gasteiger partial charge is 0.320 e. The molecule has 0 bridgehead atoms. The van der Waals surface area contributed by atoms with Crippen LogP contribution in [0.1, 0.15) is 31.5 Å². The van der Waals surface area contributed by atoms with Gasteiger partial charge in [-0.15, -0.1) is 10.2 Å². The minimum absolute atomic E-state index is 0.684. The fourth-order valence-corrected chi connectivity index (χ4v) is 2.61. The molecule has 17 heavy (non-hydrogen) atoms. The van der Waals surface area contributed by atoms with Crippen molar-refractivity contribution in [2.24, 2.45) is 7.05 Å². The highest BCUT2D eigenvalue weighted by molar-refractivity contribution is 4.93. The third-order valence-electron chi connectivity index (χ3n) is 3.83. The van der Waals surface area contributed by atoms with Gasteiger partial charge in [0.2, 0.25) is 0 Å². The Morgan fingerprint density at radius 3 is 2.94 bits per heavy atom. The molecule has 0 aromatic carbocycles. The first-order valence-electron chi connectivity index (χ1n) is 6.63. The topological polar surface area (TPSA) is 46.0 Å². The van der Waals surface area contributed by atoms with Crippen LogP contribution in [0.3, 0.4) is 0 Å². The molecule has 1 unspecified atom stereocenters. The molecule has 0 spiro atoms. The van der Waals surface area contributed by atoms with Crippen LogP contribution >= 0.6 is 0 Å². The molecular formula is C12H21N5. The van der Waals surface area contributed by atoms with Crippen molar-refractivity contribution in [1.82, 2.24) is 25.0 Å². The molecule has 3 rings (SSSR count). The Hall–Kier alpha value is -0.940. The van der Waals surface area contributed by atoms with Gasteiger partial charge < -0.3 is 9.88 Å². The summed E-state index contributed by atoms with van der Waals surface area (Å²) in [6.07, 6.45) is 7.14. The highest BCUT2D eigenvalue weighted by atomic mass is 15.3. The zero-order chi connectivity index (χ0) is 11.7. The maximum absolute atomic E-state index is 4.19. The van der Waals surface area contributed by atoms with Gasteiger partial charge >= 0.3 is 0 Å². The second-order valence-electron chi connectivity index (χ2n) is 5.31. The van der Waals surface area contributed by atoms with Crippen LogP contribution in [-0.4, -0.2) is 44.8 Å². The summed E-state index contributed by atoms with van der Waals surface area (Å²) in [5.41, 5.74) is 0. The van der Waals surface area contributed by atoms with E-state index in [0.717, 1.165) is 25.0 Å². The van der Waals surface area contributed by atoms with Gasteiger partial charge in [-0.3, -0.25) is 4.90 Å². The number of hydrogen-bond donors (Lipinski definition) is 1. The van der Waals surface area contributed by atoms with E-state index in [0.29, 0.717) is 6.04 Å². The Morgan fingerprint density at radius 2 is 2.35 bits per heavy atom. The summed E-state index contributed by atoms with van der Waals surface area (Å²) < 4.78 is 2.03. The molecule has 5 nitrogen and oxygen atoms in total. The van der Waals surface area contributed by atoms with E-state index >= 15 is 0 Å². The van der Waals surface area contributed by atoms with Gasteiger partial charge in [-0.25, -0.2) is 0 Å². The highest BCUT2D eigenvalue weighted by Gasteiger charge is 2.31. The second kappa shape index (κ2) is 4.74. The number of rotatable bonds is 5. The van der Waals surface area contributed by atoms with Gasteiger partial charge in [-0.1, -0.05) is 0 Å². The lowest BCUT2D eigenvalue weighted by molar-refractivity contribution is 0.223.